The minimum atomic E-state index is -0.872. The first-order valence-electron chi connectivity index (χ1n) is 13.0. The molecule has 1 unspecified atom stereocenters. The quantitative estimate of drug-likeness (QED) is 0.257. The van der Waals surface area contributed by atoms with Gasteiger partial charge < -0.3 is 14.2 Å². The lowest BCUT2D eigenvalue weighted by atomic mass is 9.69. The highest BCUT2D eigenvalue weighted by Gasteiger charge is 2.51. The van der Waals surface area contributed by atoms with Crippen molar-refractivity contribution in [3.63, 3.8) is 0 Å². The molecule has 6 nitrogen and oxygen atoms in total. The summed E-state index contributed by atoms with van der Waals surface area (Å²) in [4.78, 5) is 18.6. The molecule has 1 aliphatic heterocycles. The molecule has 5 aromatic rings. The van der Waals surface area contributed by atoms with Gasteiger partial charge in [0.2, 0.25) is 0 Å². The lowest BCUT2D eigenvalue weighted by Crippen LogP contribution is -2.31. The number of carbonyl (C=O) groups excluding carboxylic acids is 1. The number of benzene rings is 4. The Morgan fingerprint density at radius 2 is 1.40 bits per heavy atom. The van der Waals surface area contributed by atoms with E-state index in [2.05, 4.69) is 28.8 Å². The van der Waals surface area contributed by atoms with E-state index in [0.29, 0.717) is 22.8 Å². The predicted octanol–water partition coefficient (Wildman–Crippen LogP) is 6.63. The minimum Gasteiger partial charge on any atom is -0.497 e. The number of carbonyl (C=O) groups is 1. The highest BCUT2D eigenvalue weighted by atomic mass is 16.5. The summed E-state index contributed by atoms with van der Waals surface area (Å²) in [7, 11) is 4.90. The van der Waals surface area contributed by atoms with E-state index >= 15 is 0 Å². The van der Waals surface area contributed by atoms with Gasteiger partial charge in [-0.15, -0.1) is 0 Å². The Hall–Kier alpha value is -5.10. The van der Waals surface area contributed by atoms with E-state index in [-0.39, 0.29) is 5.78 Å². The molecule has 2 heterocycles. The number of nitrogens with zero attached hydrogens (tertiary/aromatic N) is 2. The normalized spacial score (nSPS) is 16.4. The van der Waals surface area contributed by atoms with E-state index < -0.39 is 5.41 Å². The van der Waals surface area contributed by atoms with Gasteiger partial charge in [-0.05, 0) is 35.9 Å². The first kappa shape index (κ1) is 24.0. The fraction of sp³-hybridized carbons (Fsp3) is 0.118. The molecule has 1 aliphatic carbocycles. The first-order valence-corrected chi connectivity index (χ1v) is 13.0. The van der Waals surface area contributed by atoms with Crippen LogP contribution in [0.15, 0.2) is 103 Å². The lowest BCUT2D eigenvalue weighted by Gasteiger charge is -2.31. The van der Waals surface area contributed by atoms with Crippen molar-refractivity contribution in [2.75, 3.05) is 21.3 Å². The zero-order valence-electron chi connectivity index (χ0n) is 22.3. The lowest BCUT2D eigenvalue weighted by molar-refractivity contribution is 0.104. The molecule has 0 fully saturated rings. The van der Waals surface area contributed by atoms with Crippen molar-refractivity contribution in [3.05, 3.63) is 126 Å². The van der Waals surface area contributed by atoms with Crippen molar-refractivity contribution in [2.24, 2.45) is 0 Å². The topological polar surface area (TPSA) is 62.6 Å². The van der Waals surface area contributed by atoms with Crippen molar-refractivity contribution < 1.29 is 19.0 Å². The van der Waals surface area contributed by atoms with Crippen LogP contribution in [0.3, 0.4) is 0 Å². The van der Waals surface area contributed by atoms with Gasteiger partial charge in [0, 0.05) is 28.3 Å². The summed E-state index contributed by atoms with van der Waals surface area (Å²) in [5, 5.41) is 0. The number of ether oxygens (including phenoxy) is 3. The number of imidazole rings is 1. The standard InChI is InChI=1S/C34H26N2O4/c1-38-23-14-15-24-25(18-23)34(17-16-28(24)37)26-19-29(39-2)30(40-3)20-27(26)36-32(22-12-8-5-9-13-22)31(35-33(34)36)21-10-6-4-7-11-21/h4-20H,1-3H3. The van der Waals surface area contributed by atoms with Crippen LogP contribution in [0.2, 0.25) is 0 Å². The summed E-state index contributed by atoms with van der Waals surface area (Å²) in [6.07, 6.45) is 3.63. The molecular weight excluding hydrogens is 500 g/mol. The Balaban J connectivity index is 1.67. The average Bonchev–Trinajstić information content (AvgIpc) is 3.53. The average molecular weight is 527 g/mol. The van der Waals surface area contributed by atoms with Gasteiger partial charge in [-0.3, -0.25) is 9.36 Å². The SMILES string of the molecule is COc1ccc2c(c1)C1(C=CC2=O)c2cc(OC)c(OC)cc2-n2c1nc(-c1ccccc1)c2-c1ccccc1. The molecule has 196 valence electrons. The van der Waals surface area contributed by atoms with E-state index in [1.54, 1.807) is 27.4 Å². The fourth-order valence-corrected chi connectivity index (χ4v) is 6.07. The second-order valence-corrected chi connectivity index (χ2v) is 9.84. The van der Waals surface area contributed by atoms with Crippen molar-refractivity contribution in [1.82, 2.24) is 9.55 Å². The van der Waals surface area contributed by atoms with E-state index in [4.69, 9.17) is 19.2 Å². The zero-order chi connectivity index (χ0) is 27.4. The van der Waals surface area contributed by atoms with Crippen LogP contribution in [0.5, 0.6) is 17.2 Å². The van der Waals surface area contributed by atoms with E-state index in [9.17, 15) is 4.79 Å². The molecule has 6 heteroatoms. The summed E-state index contributed by atoms with van der Waals surface area (Å²) in [6.45, 7) is 0. The highest BCUT2D eigenvalue weighted by Crippen LogP contribution is 2.56. The molecule has 0 saturated carbocycles. The maximum Gasteiger partial charge on any atom is 0.185 e. The number of hydrogen-bond donors (Lipinski definition) is 0. The third kappa shape index (κ3) is 3.22. The smallest absolute Gasteiger partial charge is 0.185 e. The Morgan fingerprint density at radius 1 is 0.725 bits per heavy atom. The number of aromatic nitrogens is 2. The Labute approximate surface area is 232 Å². The van der Waals surface area contributed by atoms with E-state index in [1.807, 2.05) is 72.8 Å². The molecule has 0 radical (unpaired) electrons. The zero-order valence-corrected chi connectivity index (χ0v) is 22.3. The number of allylic oxidation sites excluding steroid dienone is 2. The van der Waals surface area contributed by atoms with Crippen molar-refractivity contribution in [3.8, 4) is 45.5 Å². The molecule has 2 aliphatic rings. The second-order valence-electron chi connectivity index (χ2n) is 9.84. The van der Waals surface area contributed by atoms with Crippen LogP contribution in [0.4, 0.5) is 0 Å². The number of ketones is 1. The Bertz CT molecular complexity index is 1820. The molecule has 0 bridgehead atoms. The summed E-state index contributed by atoms with van der Waals surface area (Å²) in [5.74, 6) is 2.61. The van der Waals surface area contributed by atoms with Crippen LogP contribution in [0, 0.1) is 0 Å². The van der Waals surface area contributed by atoms with Gasteiger partial charge in [-0.1, -0.05) is 66.7 Å². The van der Waals surface area contributed by atoms with Gasteiger partial charge in [0.25, 0.3) is 0 Å². The monoisotopic (exact) mass is 526 g/mol. The van der Waals surface area contributed by atoms with Gasteiger partial charge in [-0.25, -0.2) is 4.98 Å². The third-order valence-electron chi connectivity index (χ3n) is 7.89. The number of fused-ring (bicyclic) bond motifs is 7. The Kier molecular flexibility index (Phi) is 5.39. The highest BCUT2D eigenvalue weighted by molar-refractivity contribution is 6.08. The van der Waals surface area contributed by atoms with Crippen molar-refractivity contribution >= 4 is 5.78 Å². The summed E-state index contributed by atoms with van der Waals surface area (Å²) in [6, 6.07) is 30.1. The third-order valence-corrected chi connectivity index (χ3v) is 7.89. The van der Waals surface area contributed by atoms with Crippen LogP contribution in [-0.4, -0.2) is 36.7 Å². The maximum absolute atomic E-state index is 13.2. The number of methoxy groups -OCH3 is 3. The van der Waals surface area contributed by atoms with E-state index in [0.717, 1.165) is 45.2 Å². The van der Waals surface area contributed by atoms with Crippen molar-refractivity contribution in [2.45, 2.75) is 5.41 Å². The first-order chi connectivity index (χ1) is 19.6. The Morgan fingerprint density at radius 3 is 2.08 bits per heavy atom. The summed E-state index contributed by atoms with van der Waals surface area (Å²) < 4.78 is 19.4. The van der Waals surface area contributed by atoms with Gasteiger partial charge in [0.1, 0.15) is 17.0 Å². The maximum atomic E-state index is 13.2. The molecular formula is C34H26N2O4. The number of rotatable bonds is 5. The molecule has 0 amide bonds. The van der Waals surface area contributed by atoms with Crippen LogP contribution >= 0.6 is 0 Å². The summed E-state index contributed by atoms with van der Waals surface area (Å²) >= 11 is 0. The van der Waals surface area contributed by atoms with Crippen LogP contribution in [-0.2, 0) is 5.41 Å². The second kappa shape index (κ2) is 8.99. The molecule has 1 spiro atoms. The molecule has 7 rings (SSSR count). The molecule has 0 saturated heterocycles. The largest absolute Gasteiger partial charge is 0.497 e. The minimum absolute atomic E-state index is 0.0538. The van der Waals surface area contributed by atoms with Gasteiger partial charge >= 0.3 is 0 Å². The van der Waals surface area contributed by atoms with Gasteiger partial charge in [0.05, 0.1) is 38.4 Å². The molecule has 0 N–H and O–H groups in total. The van der Waals surface area contributed by atoms with Gasteiger partial charge in [0.15, 0.2) is 17.3 Å². The molecule has 1 atom stereocenters. The fourth-order valence-electron chi connectivity index (χ4n) is 6.07. The van der Waals surface area contributed by atoms with E-state index in [1.165, 1.54) is 0 Å². The summed E-state index contributed by atoms with van der Waals surface area (Å²) in [5.41, 5.74) is 6.26. The molecule has 40 heavy (non-hydrogen) atoms. The molecule has 4 aromatic carbocycles. The van der Waals surface area contributed by atoms with Crippen LogP contribution in [0.1, 0.15) is 27.3 Å². The van der Waals surface area contributed by atoms with Crippen LogP contribution < -0.4 is 14.2 Å². The van der Waals surface area contributed by atoms with Crippen LogP contribution in [0.25, 0.3) is 28.2 Å². The molecule has 1 aromatic heterocycles. The predicted molar refractivity (Wildman–Crippen MR) is 154 cm³/mol. The van der Waals surface area contributed by atoms with Gasteiger partial charge in [-0.2, -0.15) is 0 Å². The van der Waals surface area contributed by atoms with Crippen molar-refractivity contribution in [1.29, 1.82) is 0 Å². The number of hydrogen-bond acceptors (Lipinski definition) is 5.